The molecule has 0 aliphatic carbocycles. The zero-order valence-electron chi connectivity index (χ0n) is 27.6. The predicted molar refractivity (Wildman–Crippen MR) is 176 cm³/mol. The SMILES string of the molecule is COc1cc(Oc2ncn(C[C@@]3(O)CCN(C(=O)[C@@H]4CCN(Cc5cnc(C)cn5)C[C@H]4c4ccccc4)CC3(F)F)c(=O)c2N)ccc1F. The highest BCUT2D eigenvalue weighted by Gasteiger charge is 2.57. The van der Waals surface area contributed by atoms with Crippen LogP contribution < -0.4 is 20.8 Å². The third kappa shape index (κ3) is 7.14. The van der Waals surface area contributed by atoms with Crippen LogP contribution in [0.15, 0.2) is 72.0 Å². The smallest absolute Gasteiger partial charge is 0.295 e. The van der Waals surface area contributed by atoms with Crippen molar-refractivity contribution in [1.29, 1.82) is 0 Å². The predicted octanol–water partition coefficient (Wildman–Crippen LogP) is 3.77. The van der Waals surface area contributed by atoms with E-state index in [9.17, 15) is 19.1 Å². The second-order valence-corrected chi connectivity index (χ2v) is 12.8. The van der Waals surface area contributed by atoms with Crippen molar-refractivity contribution in [2.75, 3.05) is 39.0 Å². The molecule has 2 fully saturated rings. The summed E-state index contributed by atoms with van der Waals surface area (Å²) in [5.74, 6) is -6.00. The van der Waals surface area contributed by atoms with E-state index in [1.165, 1.54) is 19.2 Å². The molecule has 3 N–H and O–H groups in total. The normalized spacial score (nSPS) is 22.2. The van der Waals surface area contributed by atoms with Gasteiger partial charge in [-0.25, -0.2) is 18.2 Å². The molecule has 2 aromatic carbocycles. The molecular formula is C35H38F3N7O5. The lowest BCUT2D eigenvalue weighted by Crippen LogP contribution is -2.64. The van der Waals surface area contributed by atoms with Crippen molar-refractivity contribution in [3.63, 3.8) is 0 Å². The van der Waals surface area contributed by atoms with Crippen LogP contribution in [0.25, 0.3) is 0 Å². The fraction of sp³-hybridized carbons (Fsp3) is 0.400. The summed E-state index contributed by atoms with van der Waals surface area (Å²) in [5.41, 5.74) is 4.41. The molecule has 2 aromatic heterocycles. The molecule has 2 aliphatic rings. The number of hydrogen-bond donors (Lipinski definition) is 2. The summed E-state index contributed by atoms with van der Waals surface area (Å²) in [6.45, 7) is 1.51. The number of piperidine rings is 2. The maximum Gasteiger partial charge on any atom is 0.295 e. The Morgan fingerprint density at radius 3 is 2.58 bits per heavy atom. The number of ether oxygens (including phenoxy) is 2. The van der Waals surface area contributed by atoms with Crippen molar-refractivity contribution >= 4 is 11.6 Å². The maximum absolute atomic E-state index is 15.9. The minimum absolute atomic E-state index is 0.0718. The first kappa shape index (κ1) is 34.8. The summed E-state index contributed by atoms with van der Waals surface area (Å²) >= 11 is 0. The van der Waals surface area contributed by atoms with Gasteiger partial charge in [0.15, 0.2) is 17.3 Å². The van der Waals surface area contributed by atoms with Crippen LogP contribution in [0, 0.1) is 18.7 Å². The van der Waals surface area contributed by atoms with Crippen molar-refractivity contribution in [3.8, 4) is 17.4 Å². The Hall–Kier alpha value is -5.02. The van der Waals surface area contributed by atoms with Crippen molar-refractivity contribution in [2.24, 2.45) is 5.92 Å². The number of carbonyl (C=O) groups is 1. The molecule has 4 heterocycles. The van der Waals surface area contributed by atoms with E-state index in [1.807, 2.05) is 37.3 Å². The molecule has 6 rings (SSSR count). The summed E-state index contributed by atoms with van der Waals surface area (Å²) in [7, 11) is 1.27. The monoisotopic (exact) mass is 693 g/mol. The average molecular weight is 694 g/mol. The number of aromatic nitrogens is 4. The Morgan fingerprint density at radius 1 is 1.10 bits per heavy atom. The number of nitrogen functional groups attached to an aromatic ring is 1. The molecular weight excluding hydrogens is 655 g/mol. The molecule has 0 unspecified atom stereocenters. The van der Waals surface area contributed by atoms with Crippen molar-refractivity contribution in [2.45, 2.75) is 50.3 Å². The number of aryl methyl sites for hydroxylation is 1. The fourth-order valence-electron chi connectivity index (χ4n) is 6.59. The van der Waals surface area contributed by atoms with Crippen molar-refractivity contribution < 1.29 is 32.5 Å². The number of alkyl halides is 2. The van der Waals surface area contributed by atoms with Gasteiger partial charge in [-0.05, 0) is 37.6 Å². The maximum atomic E-state index is 15.9. The topological polar surface area (TPSA) is 149 Å². The molecule has 0 spiro atoms. The Morgan fingerprint density at radius 2 is 1.88 bits per heavy atom. The van der Waals surface area contributed by atoms with Gasteiger partial charge in [0.2, 0.25) is 11.8 Å². The first-order chi connectivity index (χ1) is 23.9. The summed E-state index contributed by atoms with van der Waals surface area (Å²) in [6.07, 6.45) is 4.33. The zero-order valence-corrected chi connectivity index (χ0v) is 27.6. The van der Waals surface area contributed by atoms with E-state index in [4.69, 9.17) is 15.2 Å². The average Bonchev–Trinajstić information content (AvgIpc) is 3.11. The van der Waals surface area contributed by atoms with Gasteiger partial charge in [0.25, 0.3) is 11.5 Å². The third-order valence-electron chi connectivity index (χ3n) is 9.44. The summed E-state index contributed by atoms with van der Waals surface area (Å²) < 4.78 is 56.8. The highest BCUT2D eigenvalue weighted by atomic mass is 19.3. The standard InChI is InChI=1S/C35H38F3N7O5/c1-22-15-41-24(16-40-22)17-43-12-10-26(27(18-43)23-6-4-3-5-7-23)32(46)44-13-11-34(48,35(37,38)20-44)19-45-21-42-31(30(39)33(45)47)50-25-8-9-28(36)29(14-25)49-2/h3-9,14-16,21,26-27,48H,10-13,17-20,39H2,1-2H3/t26-,27+,34+/m1/s1. The van der Waals surface area contributed by atoms with Crippen LogP contribution in [0.1, 0.15) is 35.7 Å². The van der Waals surface area contributed by atoms with Gasteiger partial charge in [0.1, 0.15) is 17.7 Å². The first-order valence-electron chi connectivity index (χ1n) is 16.2. The molecule has 12 nitrogen and oxygen atoms in total. The lowest BCUT2D eigenvalue weighted by molar-refractivity contribution is -0.223. The molecule has 2 aliphatic heterocycles. The summed E-state index contributed by atoms with van der Waals surface area (Å²) in [4.78, 5) is 43.2. The number of methoxy groups -OCH3 is 1. The van der Waals surface area contributed by atoms with E-state index in [1.54, 1.807) is 12.4 Å². The van der Waals surface area contributed by atoms with Crippen LogP contribution in [0.2, 0.25) is 0 Å². The summed E-state index contributed by atoms with van der Waals surface area (Å²) in [6, 6.07) is 13.1. The van der Waals surface area contributed by atoms with Crippen LogP contribution >= 0.6 is 0 Å². The largest absolute Gasteiger partial charge is 0.494 e. The van der Waals surface area contributed by atoms with E-state index in [0.29, 0.717) is 26.1 Å². The molecule has 15 heteroatoms. The van der Waals surface area contributed by atoms with Gasteiger partial charge in [-0.3, -0.25) is 29.0 Å². The van der Waals surface area contributed by atoms with Gasteiger partial charge < -0.3 is 25.2 Å². The Bertz CT molecular complexity index is 1900. The Balaban J connectivity index is 1.15. The van der Waals surface area contributed by atoms with E-state index >= 15 is 8.78 Å². The van der Waals surface area contributed by atoms with Crippen molar-refractivity contribution in [1.82, 2.24) is 29.3 Å². The number of likely N-dealkylation sites (tertiary alicyclic amines) is 2. The van der Waals surface area contributed by atoms with E-state index in [-0.39, 0.29) is 29.8 Å². The number of benzene rings is 2. The highest BCUT2D eigenvalue weighted by Crippen LogP contribution is 2.41. The number of rotatable bonds is 9. The first-order valence-corrected chi connectivity index (χ1v) is 16.2. The number of carbonyl (C=O) groups excluding carboxylic acids is 1. The van der Waals surface area contributed by atoms with Gasteiger partial charge >= 0.3 is 0 Å². The Kier molecular flexibility index (Phi) is 9.80. The number of amides is 1. The van der Waals surface area contributed by atoms with E-state index in [2.05, 4.69) is 19.9 Å². The minimum atomic E-state index is -3.78. The molecule has 50 heavy (non-hydrogen) atoms. The molecule has 0 saturated carbocycles. The second kappa shape index (κ2) is 14.1. The number of anilines is 1. The molecule has 4 aromatic rings. The number of aliphatic hydroxyl groups is 1. The van der Waals surface area contributed by atoms with Gasteiger partial charge in [0.05, 0.1) is 31.6 Å². The van der Waals surface area contributed by atoms with Crippen LogP contribution in [0.5, 0.6) is 17.4 Å². The molecule has 0 bridgehead atoms. The number of nitrogens with zero attached hydrogens (tertiary/aromatic N) is 6. The third-order valence-corrected chi connectivity index (χ3v) is 9.44. The number of hydrogen-bond acceptors (Lipinski definition) is 10. The molecule has 264 valence electrons. The van der Waals surface area contributed by atoms with E-state index < -0.39 is 59.9 Å². The number of nitrogens with two attached hydrogens (primary N) is 1. The lowest BCUT2D eigenvalue weighted by Gasteiger charge is -2.46. The minimum Gasteiger partial charge on any atom is -0.494 e. The Labute approximate surface area is 286 Å². The van der Waals surface area contributed by atoms with Crippen LogP contribution in [-0.4, -0.2) is 85.1 Å². The highest BCUT2D eigenvalue weighted by molar-refractivity contribution is 5.80. The van der Waals surface area contributed by atoms with Crippen LogP contribution in [-0.2, 0) is 17.9 Å². The lowest BCUT2D eigenvalue weighted by atomic mass is 9.78. The molecule has 3 atom stereocenters. The molecule has 1 amide bonds. The van der Waals surface area contributed by atoms with Crippen molar-refractivity contribution in [3.05, 3.63) is 100 Å². The van der Waals surface area contributed by atoms with Gasteiger partial charge in [-0.2, -0.15) is 0 Å². The van der Waals surface area contributed by atoms with Crippen LogP contribution in [0.4, 0.5) is 18.9 Å². The van der Waals surface area contributed by atoms with Crippen LogP contribution in [0.3, 0.4) is 0 Å². The van der Waals surface area contributed by atoms with Gasteiger partial charge in [-0.15, -0.1) is 0 Å². The molecule has 2 saturated heterocycles. The quantitative estimate of drug-likeness (QED) is 0.266. The number of halogens is 3. The van der Waals surface area contributed by atoms with E-state index in [0.717, 1.165) is 38.8 Å². The summed E-state index contributed by atoms with van der Waals surface area (Å²) in [5, 5.41) is 11.3. The molecule has 0 radical (unpaired) electrons. The zero-order chi connectivity index (χ0) is 35.6. The van der Waals surface area contributed by atoms with Gasteiger partial charge in [0, 0.05) is 56.4 Å². The van der Waals surface area contributed by atoms with Gasteiger partial charge in [-0.1, -0.05) is 30.3 Å². The fourth-order valence-corrected chi connectivity index (χ4v) is 6.59. The second-order valence-electron chi connectivity index (χ2n) is 12.8.